The number of halogens is 1. The molecule has 3 nitrogen and oxygen atoms in total. The lowest BCUT2D eigenvalue weighted by Crippen LogP contribution is -2.13. The van der Waals surface area contributed by atoms with E-state index in [1.807, 2.05) is 0 Å². The number of ether oxygens (including phenoxy) is 1. The molecule has 0 aromatic carbocycles. The Labute approximate surface area is 84.2 Å². The summed E-state index contributed by atoms with van der Waals surface area (Å²) in [6, 6.07) is 3.41. The maximum Gasteiger partial charge on any atom is 0.203 e. The van der Waals surface area contributed by atoms with Crippen LogP contribution in [0.3, 0.4) is 0 Å². The van der Waals surface area contributed by atoms with Crippen LogP contribution in [0.25, 0.3) is 0 Å². The zero-order valence-electron chi connectivity index (χ0n) is 6.96. The molecule has 1 aliphatic heterocycles. The van der Waals surface area contributed by atoms with E-state index in [-0.39, 0.29) is 11.7 Å². The third-order valence-electron chi connectivity index (χ3n) is 2.12. The van der Waals surface area contributed by atoms with Crippen LogP contribution in [-0.4, -0.2) is 19.0 Å². The molecule has 2 rings (SSSR count). The number of hydrogen-bond donors (Lipinski definition) is 0. The molecular formula is C9H9BrO3. The third kappa shape index (κ3) is 1.84. The highest BCUT2D eigenvalue weighted by atomic mass is 79.9. The fourth-order valence-electron chi connectivity index (χ4n) is 1.39. The van der Waals surface area contributed by atoms with Crippen molar-refractivity contribution in [3.8, 4) is 0 Å². The van der Waals surface area contributed by atoms with Gasteiger partial charge in [0.15, 0.2) is 10.4 Å². The summed E-state index contributed by atoms with van der Waals surface area (Å²) in [7, 11) is 0. The van der Waals surface area contributed by atoms with Crippen molar-refractivity contribution >= 4 is 21.7 Å². The Morgan fingerprint density at radius 1 is 1.54 bits per heavy atom. The molecule has 2 heterocycles. The van der Waals surface area contributed by atoms with Crippen LogP contribution in [0.1, 0.15) is 17.0 Å². The SMILES string of the molecule is O=C(c1ccc(Br)o1)C1CCOC1. The predicted molar refractivity (Wildman–Crippen MR) is 49.7 cm³/mol. The van der Waals surface area contributed by atoms with Gasteiger partial charge in [0.2, 0.25) is 5.78 Å². The summed E-state index contributed by atoms with van der Waals surface area (Å²) < 4.78 is 10.9. The van der Waals surface area contributed by atoms with Crippen molar-refractivity contribution in [2.45, 2.75) is 6.42 Å². The molecule has 1 atom stereocenters. The molecule has 1 saturated heterocycles. The Balaban J connectivity index is 2.12. The van der Waals surface area contributed by atoms with Crippen molar-refractivity contribution < 1.29 is 13.9 Å². The molecule has 0 amide bonds. The Bertz CT molecular complexity index is 312. The highest BCUT2D eigenvalue weighted by Gasteiger charge is 2.26. The van der Waals surface area contributed by atoms with Gasteiger partial charge in [0.1, 0.15) is 0 Å². The van der Waals surface area contributed by atoms with E-state index in [2.05, 4.69) is 15.9 Å². The largest absolute Gasteiger partial charge is 0.446 e. The van der Waals surface area contributed by atoms with Gasteiger partial charge in [-0.25, -0.2) is 0 Å². The summed E-state index contributed by atoms with van der Waals surface area (Å²) in [4.78, 5) is 11.7. The first-order chi connectivity index (χ1) is 6.27. The van der Waals surface area contributed by atoms with E-state index >= 15 is 0 Å². The van der Waals surface area contributed by atoms with Crippen LogP contribution in [-0.2, 0) is 4.74 Å². The maximum atomic E-state index is 11.7. The number of ketones is 1. The summed E-state index contributed by atoms with van der Waals surface area (Å²) in [5, 5.41) is 0. The van der Waals surface area contributed by atoms with Gasteiger partial charge in [-0.1, -0.05) is 0 Å². The quantitative estimate of drug-likeness (QED) is 0.750. The average molecular weight is 245 g/mol. The Hall–Kier alpha value is -0.610. The lowest BCUT2D eigenvalue weighted by Gasteiger charge is -2.01. The Morgan fingerprint density at radius 2 is 2.38 bits per heavy atom. The second-order valence-electron chi connectivity index (χ2n) is 3.03. The summed E-state index contributed by atoms with van der Waals surface area (Å²) in [5.74, 6) is 0.448. The minimum absolute atomic E-state index is 0.0157. The van der Waals surface area contributed by atoms with Crippen molar-refractivity contribution in [1.29, 1.82) is 0 Å². The molecule has 13 heavy (non-hydrogen) atoms. The number of carbonyl (C=O) groups excluding carboxylic acids is 1. The highest BCUT2D eigenvalue weighted by Crippen LogP contribution is 2.21. The number of furan rings is 1. The van der Waals surface area contributed by atoms with Crippen LogP contribution in [0, 0.1) is 5.92 Å². The van der Waals surface area contributed by atoms with Gasteiger partial charge >= 0.3 is 0 Å². The second kappa shape index (κ2) is 3.64. The topological polar surface area (TPSA) is 39.4 Å². The summed E-state index contributed by atoms with van der Waals surface area (Å²) in [6.45, 7) is 1.20. The number of Topliss-reactive ketones (excluding diaryl/α,β-unsaturated/α-hetero) is 1. The molecule has 0 N–H and O–H groups in total. The molecular weight excluding hydrogens is 236 g/mol. The van der Waals surface area contributed by atoms with Crippen molar-refractivity contribution in [3.05, 3.63) is 22.6 Å². The summed E-state index contributed by atoms with van der Waals surface area (Å²) in [5.41, 5.74) is 0. The van der Waals surface area contributed by atoms with Gasteiger partial charge in [0.25, 0.3) is 0 Å². The predicted octanol–water partition coefficient (Wildman–Crippen LogP) is 2.26. The van der Waals surface area contributed by atoms with Crippen LogP contribution in [0.15, 0.2) is 21.2 Å². The zero-order valence-corrected chi connectivity index (χ0v) is 8.54. The fraction of sp³-hybridized carbons (Fsp3) is 0.444. The monoisotopic (exact) mass is 244 g/mol. The molecule has 0 spiro atoms. The number of rotatable bonds is 2. The molecule has 0 aliphatic carbocycles. The lowest BCUT2D eigenvalue weighted by molar-refractivity contribution is 0.0871. The summed E-state index contributed by atoms with van der Waals surface area (Å²) in [6.07, 6.45) is 0.803. The first-order valence-electron chi connectivity index (χ1n) is 4.14. The molecule has 0 radical (unpaired) electrons. The second-order valence-corrected chi connectivity index (χ2v) is 3.81. The summed E-state index contributed by atoms with van der Waals surface area (Å²) >= 11 is 3.16. The van der Waals surface area contributed by atoms with Gasteiger partial charge in [-0.05, 0) is 34.5 Å². The standard InChI is InChI=1S/C9H9BrO3/c10-8-2-1-7(13-8)9(11)6-3-4-12-5-6/h1-2,6H,3-5H2. The lowest BCUT2D eigenvalue weighted by atomic mass is 10.0. The molecule has 1 aliphatic rings. The normalized spacial score (nSPS) is 22.1. The molecule has 1 aromatic heterocycles. The maximum absolute atomic E-state index is 11.7. The fourth-order valence-corrected chi connectivity index (χ4v) is 1.70. The Kier molecular flexibility index (Phi) is 2.51. The van der Waals surface area contributed by atoms with E-state index in [0.717, 1.165) is 6.42 Å². The smallest absolute Gasteiger partial charge is 0.203 e. The molecule has 1 fully saturated rings. The van der Waals surface area contributed by atoms with E-state index in [0.29, 0.717) is 23.6 Å². The number of hydrogen-bond acceptors (Lipinski definition) is 3. The van der Waals surface area contributed by atoms with Gasteiger partial charge in [0, 0.05) is 6.61 Å². The van der Waals surface area contributed by atoms with Gasteiger partial charge < -0.3 is 9.15 Å². The van der Waals surface area contributed by atoms with Crippen LogP contribution in [0.2, 0.25) is 0 Å². The minimum Gasteiger partial charge on any atom is -0.446 e. The highest BCUT2D eigenvalue weighted by molar-refractivity contribution is 9.10. The van der Waals surface area contributed by atoms with Crippen LogP contribution < -0.4 is 0 Å². The molecule has 70 valence electrons. The number of carbonyl (C=O) groups is 1. The van der Waals surface area contributed by atoms with Crippen LogP contribution in [0.4, 0.5) is 0 Å². The van der Waals surface area contributed by atoms with E-state index < -0.39 is 0 Å². The third-order valence-corrected chi connectivity index (χ3v) is 2.54. The van der Waals surface area contributed by atoms with Gasteiger partial charge in [-0.15, -0.1) is 0 Å². The van der Waals surface area contributed by atoms with Crippen LogP contribution in [0.5, 0.6) is 0 Å². The van der Waals surface area contributed by atoms with Crippen LogP contribution >= 0.6 is 15.9 Å². The minimum atomic E-state index is -0.0157. The molecule has 1 aromatic rings. The van der Waals surface area contributed by atoms with Crippen molar-refractivity contribution in [2.24, 2.45) is 5.92 Å². The van der Waals surface area contributed by atoms with E-state index in [1.165, 1.54) is 0 Å². The first-order valence-corrected chi connectivity index (χ1v) is 4.94. The first kappa shape index (κ1) is 8.97. The molecule has 0 bridgehead atoms. The Morgan fingerprint density at radius 3 is 2.92 bits per heavy atom. The van der Waals surface area contributed by atoms with Gasteiger partial charge in [-0.3, -0.25) is 4.79 Å². The zero-order chi connectivity index (χ0) is 9.26. The van der Waals surface area contributed by atoms with E-state index in [4.69, 9.17) is 9.15 Å². The van der Waals surface area contributed by atoms with E-state index in [9.17, 15) is 4.79 Å². The van der Waals surface area contributed by atoms with Crippen molar-refractivity contribution in [2.75, 3.05) is 13.2 Å². The average Bonchev–Trinajstić information content (AvgIpc) is 2.72. The van der Waals surface area contributed by atoms with Gasteiger partial charge in [-0.2, -0.15) is 0 Å². The molecule has 0 saturated carbocycles. The van der Waals surface area contributed by atoms with Gasteiger partial charge in [0.05, 0.1) is 12.5 Å². The van der Waals surface area contributed by atoms with E-state index in [1.54, 1.807) is 12.1 Å². The molecule has 4 heteroatoms. The van der Waals surface area contributed by atoms with Crippen molar-refractivity contribution in [3.63, 3.8) is 0 Å². The molecule has 1 unspecified atom stereocenters. The van der Waals surface area contributed by atoms with Crippen molar-refractivity contribution in [1.82, 2.24) is 0 Å².